The Morgan fingerprint density at radius 1 is 1.24 bits per heavy atom. The van der Waals surface area contributed by atoms with E-state index in [2.05, 4.69) is 10.6 Å². The summed E-state index contributed by atoms with van der Waals surface area (Å²) in [4.78, 5) is 25.5. The molecule has 0 aromatic carbocycles. The largest absolute Gasteiger partial charge is 0.344 e. The van der Waals surface area contributed by atoms with E-state index in [1.54, 1.807) is 6.92 Å². The van der Waals surface area contributed by atoms with Gasteiger partial charge in [-0.2, -0.15) is 0 Å². The molecule has 0 saturated carbocycles. The first kappa shape index (κ1) is 14.0. The van der Waals surface area contributed by atoms with Crippen molar-refractivity contribution in [1.29, 1.82) is 0 Å². The second-order valence-electron chi connectivity index (χ2n) is 4.72. The molecular weight excluding hydrogens is 218 g/mol. The Bertz CT molecular complexity index is 275. The molecule has 0 aromatic heterocycles. The Hall–Kier alpha value is -1.10. The average Bonchev–Trinajstić information content (AvgIpc) is 2.81. The van der Waals surface area contributed by atoms with E-state index >= 15 is 0 Å². The van der Waals surface area contributed by atoms with Crippen LogP contribution in [-0.4, -0.2) is 49.4 Å². The number of carbonyl (C=O) groups excluding carboxylic acids is 2. The highest BCUT2D eigenvalue weighted by Gasteiger charge is 2.25. The van der Waals surface area contributed by atoms with Crippen LogP contribution in [0.15, 0.2) is 0 Å². The van der Waals surface area contributed by atoms with E-state index in [9.17, 15) is 9.59 Å². The summed E-state index contributed by atoms with van der Waals surface area (Å²) in [6.07, 6.45) is 2.14. The van der Waals surface area contributed by atoms with E-state index < -0.39 is 6.04 Å². The Kier molecular flexibility index (Phi) is 5.41. The van der Waals surface area contributed by atoms with Crippen LogP contribution in [0.3, 0.4) is 0 Å². The molecule has 0 radical (unpaired) electrons. The highest BCUT2D eigenvalue weighted by molar-refractivity contribution is 5.88. The normalized spacial score (nSPS) is 18.9. The maximum Gasteiger partial charge on any atom is 0.244 e. The van der Waals surface area contributed by atoms with E-state index in [1.807, 2.05) is 18.9 Å². The van der Waals surface area contributed by atoms with E-state index in [-0.39, 0.29) is 17.7 Å². The smallest absolute Gasteiger partial charge is 0.244 e. The van der Waals surface area contributed by atoms with Crippen LogP contribution in [0.2, 0.25) is 0 Å². The first-order valence-corrected chi connectivity index (χ1v) is 6.30. The Labute approximate surface area is 103 Å². The summed E-state index contributed by atoms with van der Waals surface area (Å²) in [5, 5.41) is 5.72. The van der Waals surface area contributed by atoms with Crippen LogP contribution >= 0.6 is 0 Å². The SMILES string of the molecule is CNCC(C)C(=O)NC(C)C(=O)N1CCCC1. The van der Waals surface area contributed by atoms with Gasteiger partial charge in [-0.05, 0) is 26.8 Å². The number of nitrogens with one attached hydrogen (secondary N) is 2. The molecule has 2 amide bonds. The number of amides is 2. The molecule has 0 aromatic rings. The molecule has 2 N–H and O–H groups in total. The molecule has 0 aliphatic carbocycles. The van der Waals surface area contributed by atoms with E-state index in [4.69, 9.17) is 0 Å². The van der Waals surface area contributed by atoms with Crippen molar-refractivity contribution in [2.45, 2.75) is 32.7 Å². The topological polar surface area (TPSA) is 61.4 Å². The van der Waals surface area contributed by atoms with E-state index in [0.29, 0.717) is 6.54 Å². The van der Waals surface area contributed by atoms with Gasteiger partial charge in [0, 0.05) is 25.6 Å². The lowest BCUT2D eigenvalue weighted by atomic mass is 10.1. The van der Waals surface area contributed by atoms with Gasteiger partial charge in [-0.25, -0.2) is 0 Å². The molecule has 98 valence electrons. The molecule has 1 aliphatic heterocycles. The second-order valence-corrected chi connectivity index (χ2v) is 4.72. The maximum absolute atomic E-state index is 12.0. The van der Waals surface area contributed by atoms with Gasteiger partial charge in [0.1, 0.15) is 6.04 Å². The molecular formula is C12H23N3O2. The lowest BCUT2D eigenvalue weighted by Crippen LogP contribution is -2.48. The third-order valence-corrected chi connectivity index (χ3v) is 3.10. The number of carbonyl (C=O) groups is 2. The van der Waals surface area contributed by atoms with Crippen molar-refractivity contribution in [3.63, 3.8) is 0 Å². The summed E-state index contributed by atoms with van der Waals surface area (Å²) < 4.78 is 0. The zero-order valence-corrected chi connectivity index (χ0v) is 11.0. The van der Waals surface area contributed by atoms with Gasteiger partial charge in [-0.3, -0.25) is 9.59 Å². The molecule has 0 spiro atoms. The molecule has 1 heterocycles. The van der Waals surface area contributed by atoms with Gasteiger partial charge in [0.15, 0.2) is 0 Å². The van der Waals surface area contributed by atoms with Crippen LogP contribution in [0.1, 0.15) is 26.7 Å². The van der Waals surface area contributed by atoms with Gasteiger partial charge in [0.05, 0.1) is 0 Å². The van der Waals surface area contributed by atoms with Crippen molar-refractivity contribution in [1.82, 2.24) is 15.5 Å². The number of hydrogen-bond acceptors (Lipinski definition) is 3. The second kappa shape index (κ2) is 6.59. The molecule has 2 unspecified atom stereocenters. The molecule has 17 heavy (non-hydrogen) atoms. The van der Waals surface area contributed by atoms with Crippen LogP contribution < -0.4 is 10.6 Å². The van der Waals surface area contributed by atoms with Gasteiger partial charge >= 0.3 is 0 Å². The van der Waals surface area contributed by atoms with Crippen molar-refractivity contribution in [2.75, 3.05) is 26.7 Å². The quantitative estimate of drug-likeness (QED) is 0.710. The Morgan fingerprint density at radius 2 is 1.82 bits per heavy atom. The minimum Gasteiger partial charge on any atom is -0.344 e. The standard InChI is InChI=1S/C12H23N3O2/c1-9(8-13-3)11(16)14-10(2)12(17)15-6-4-5-7-15/h9-10,13H,4-8H2,1-3H3,(H,14,16). The predicted octanol–water partition coefficient (Wildman–Crippen LogP) is -0.0310. The van der Waals surface area contributed by atoms with Gasteiger partial charge in [-0.1, -0.05) is 6.92 Å². The summed E-state index contributed by atoms with van der Waals surface area (Å²) >= 11 is 0. The molecule has 2 atom stereocenters. The summed E-state index contributed by atoms with van der Waals surface area (Å²) in [6.45, 7) is 5.87. The fourth-order valence-corrected chi connectivity index (χ4v) is 2.03. The van der Waals surface area contributed by atoms with Gasteiger partial charge in [0.25, 0.3) is 0 Å². The van der Waals surface area contributed by atoms with Crippen molar-refractivity contribution < 1.29 is 9.59 Å². The monoisotopic (exact) mass is 241 g/mol. The van der Waals surface area contributed by atoms with Crippen molar-refractivity contribution in [3.8, 4) is 0 Å². The number of likely N-dealkylation sites (tertiary alicyclic amines) is 1. The highest BCUT2D eigenvalue weighted by atomic mass is 16.2. The van der Waals surface area contributed by atoms with Crippen LogP contribution in [-0.2, 0) is 9.59 Å². The number of hydrogen-bond donors (Lipinski definition) is 2. The van der Waals surface area contributed by atoms with E-state index in [0.717, 1.165) is 25.9 Å². The van der Waals surface area contributed by atoms with Crippen molar-refractivity contribution in [2.24, 2.45) is 5.92 Å². The maximum atomic E-state index is 12.0. The average molecular weight is 241 g/mol. The Balaban J connectivity index is 2.39. The summed E-state index contributed by atoms with van der Waals surface area (Å²) in [5.74, 6) is -0.152. The van der Waals surface area contributed by atoms with Gasteiger partial charge in [-0.15, -0.1) is 0 Å². The molecule has 5 nitrogen and oxygen atoms in total. The molecule has 5 heteroatoms. The Morgan fingerprint density at radius 3 is 2.35 bits per heavy atom. The highest BCUT2D eigenvalue weighted by Crippen LogP contribution is 2.09. The van der Waals surface area contributed by atoms with Crippen LogP contribution in [0.25, 0.3) is 0 Å². The molecule has 1 aliphatic rings. The fraction of sp³-hybridized carbons (Fsp3) is 0.833. The van der Waals surface area contributed by atoms with Crippen molar-refractivity contribution >= 4 is 11.8 Å². The van der Waals surface area contributed by atoms with E-state index in [1.165, 1.54) is 0 Å². The minimum absolute atomic E-state index is 0.0347. The first-order chi connectivity index (χ1) is 8.06. The van der Waals surface area contributed by atoms with Crippen molar-refractivity contribution in [3.05, 3.63) is 0 Å². The summed E-state index contributed by atoms with van der Waals surface area (Å²) in [5.41, 5.74) is 0. The van der Waals surface area contributed by atoms with Gasteiger partial charge in [0.2, 0.25) is 11.8 Å². The lowest BCUT2D eigenvalue weighted by Gasteiger charge is -2.22. The minimum atomic E-state index is -0.417. The van der Waals surface area contributed by atoms with Crippen LogP contribution in [0.4, 0.5) is 0 Å². The summed E-state index contributed by atoms with van der Waals surface area (Å²) in [7, 11) is 1.81. The lowest BCUT2D eigenvalue weighted by molar-refractivity contribution is -0.136. The molecule has 1 saturated heterocycles. The zero-order chi connectivity index (χ0) is 12.8. The molecule has 0 bridgehead atoms. The third-order valence-electron chi connectivity index (χ3n) is 3.10. The van der Waals surface area contributed by atoms with Crippen LogP contribution in [0.5, 0.6) is 0 Å². The predicted molar refractivity (Wildman–Crippen MR) is 66.5 cm³/mol. The zero-order valence-electron chi connectivity index (χ0n) is 11.0. The summed E-state index contributed by atoms with van der Waals surface area (Å²) in [6, 6.07) is -0.417. The first-order valence-electron chi connectivity index (χ1n) is 6.30. The molecule has 1 rings (SSSR count). The van der Waals surface area contributed by atoms with Crippen LogP contribution in [0, 0.1) is 5.92 Å². The van der Waals surface area contributed by atoms with Gasteiger partial charge < -0.3 is 15.5 Å². The third kappa shape index (κ3) is 4.00. The number of nitrogens with zero attached hydrogens (tertiary/aromatic N) is 1. The fourth-order valence-electron chi connectivity index (χ4n) is 2.03. The number of rotatable bonds is 5. The molecule has 1 fully saturated rings.